The van der Waals surface area contributed by atoms with Gasteiger partial charge >= 0.3 is 0 Å². The summed E-state index contributed by atoms with van der Waals surface area (Å²) >= 11 is 0. The van der Waals surface area contributed by atoms with Gasteiger partial charge in [0.15, 0.2) is 11.9 Å². The standard InChI is InChI=1S/C21H26FN3O2/c1-4-7-16-19(26)18-20(25(12-5-2)21(16)27)23-17(24(18)3)11-10-14-8-6-9-15(22)13-14/h6,8-11,13,16,18,20H,4-5,7,12H2,1-3H3/b11-10+. The number of likely N-dealkylation sites (tertiary alicyclic amines) is 1. The lowest BCUT2D eigenvalue weighted by Crippen LogP contribution is -2.61. The van der Waals surface area contributed by atoms with Crippen LogP contribution in [0.5, 0.6) is 0 Å². The van der Waals surface area contributed by atoms with Crippen LogP contribution in [0.3, 0.4) is 0 Å². The van der Waals surface area contributed by atoms with Gasteiger partial charge in [-0.1, -0.05) is 38.5 Å². The number of amidine groups is 1. The third-order valence-corrected chi connectivity index (χ3v) is 5.18. The number of hydrogen-bond acceptors (Lipinski definition) is 4. The van der Waals surface area contributed by atoms with Gasteiger partial charge in [0, 0.05) is 13.6 Å². The fourth-order valence-corrected chi connectivity index (χ4v) is 3.86. The maximum absolute atomic E-state index is 13.4. The molecule has 0 spiro atoms. The number of nitrogens with zero attached hydrogens (tertiary/aromatic N) is 3. The van der Waals surface area contributed by atoms with Crippen LogP contribution < -0.4 is 0 Å². The van der Waals surface area contributed by atoms with Crippen molar-refractivity contribution >= 4 is 23.6 Å². The van der Waals surface area contributed by atoms with Crippen LogP contribution in [0, 0.1) is 11.7 Å². The van der Waals surface area contributed by atoms with Crippen molar-refractivity contribution in [3.05, 3.63) is 41.7 Å². The van der Waals surface area contributed by atoms with Crippen molar-refractivity contribution in [2.24, 2.45) is 10.9 Å². The molecule has 0 saturated carbocycles. The molecule has 1 aromatic rings. The van der Waals surface area contributed by atoms with Crippen LogP contribution in [-0.2, 0) is 9.59 Å². The number of carbonyl (C=O) groups is 2. The van der Waals surface area contributed by atoms with Gasteiger partial charge in [-0.05, 0) is 36.6 Å². The molecule has 1 aromatic carbocycles. The average Bonchev–Trinajstić information content (AvgIpc) is 2.97. The summed E-state index contributed by atoms with van der Waals surface area (Å²) in [4.78, 5) is 34.1. The number of piperidine rings is 1. The average molecular weight is 371 g/mol. The minimum Gasteiger partial charge on any atom is -0.346 e. The highest BCUT2D eigenvalue weighted by Gasteiger charge is 2.51. The molecule has 2 aliphatic rings. The van der Waals surface area contributed by atoms with Crippen molar-refractivity contribution in [3.8, 4) is 0 Å². The third kappa shape index (κ3) is 3.66. The van der Waals surface area contributed by atoms with Crippen LogP contribution in [0.15, 0.2) is 35.3 Å². The van der Waals surface area contributed by atoms with Crippen LogP contribution in [-0.4, -0.2) is 53.1 Å². The number of carbonyl (C=O) groups excluding carboxylic acids is 2. The Morgan fingerprint density at radius 3 is 2.63 bits per heavy atom. The summed E-state index contributed by atoms with van der Waals surface area (Å²) in [6.45, 7) is 4.59. The molecule has 1 amide bonds. The Morgan fingerprint density at radius 1 is 1.19 bits per heavy atom. The van der Waals surface area contributed by atoms with E-state index in [1.54, 1.807) is 29.2 Å². The van der Waals surface area contributed by atoms with E-state index in [1.165, 1.54) is 12.1 Å². The van der Waals surface area contributed by atoms with E-state index in [9.17, 15) is 14.0 Å². The second-order valence-corrected chi connectivity index (χ2v) is 7.12. The van der Waals surface area contributed by atoms with Gasteiger partial charge in [0.25, 0.3) is 0 Å². The summed E-state index contributed by atoms with van der Waals surface area (Å²) in [6.07, 6.45) is 5.25. The van der Waals surface area contributed by atoms with Crippen molar-refractivity contribution in [2.45, 2.75) is 45.3 Å². The van der Waals surface area contributed by atoms with Crippen molar-refractivity contribution < 1.29 is 14.0 Å². The van der Waals surface area contributed by atoms with E-state index in [2.05, 4.69) is 4.99 Å². The van der Waals surface area contributed by atoms with Crippen LogP contribution in [0.1, 0.15) is 38.7 Å². The molecule has 2 heterocycles. The smallest absolute Gasteiger partial charge is 0.235 e. The fourth-order valence-electron chi connectivity index (χ4n) is 3.86. The highest BCUT2D eigenvalue weighted by atomic mass is 19.1. The van der Waals surface area contributed by atoms with Gasteiger partial charge in [-0.2, -0.15) is 0 Å². The molecule has 0 aliphatic carbocycles. The first-order valence-electron chi connectivity index (χ1n) is 9.56. The highest BCUT2D eigenvalue weighted by molar-refractivity contribution is 6.11. The van der Waals surface area contributed by atoms with Crippen LogP contribution in [0.4, 0.5) is 4.39 Å². The molecule has 6 heteroatoms. The van der Waals surface area contributed by atoms with Gasteiger partial charge in [-0.15, -0.1) is 0 Å². The molecule has 5 nitrogen and oxygen atoms in total. The Bertz CT molecular complexity index is 789. The van der Waals surface area contributed by atoms with E-state index in [0.29, 0.717) is 18.8 Å². The van der Waals surface area contributed by atoms with Gasteiger partial charge in [-0.25, -0.2) is 9.38 Å². The van der Waals surface area contributed by atoms with Gasteiger partial charge in [0.1, 0.15) is 17.7 Å². The Kier molecular flexibility index (Phi) is 5.73. The summed E-state index contributed by atoms with van der Waals surface area (Å²) < 4.78 is 13.4. The van der Waals surface area contributed by atoms with E-state index in [4.69, 9.17) is 0 Å². The number of halogens is 1. The Hall–Kier alpha value is -2.50. The summed E-state index contributed by atoms with van der Waals surface area (Å²) in [5, 5.41) is 0. The van der Waals surface area contributed by atoms with E-state index in [0.717, 1.165) is 18.4 Å². The van der Waals surface area contributed by atoms with Crippen LogP contribution in [0.2, 0.25) is 0 Å². The Morgan fingerprint density at radius 2 is 1.96 bits per heavy atom. The molecular weight excluding hydrogens is 345 g/mol. The van der Waals surface area contributed by atoms with Crippen molar-refractivity contribution in [2.75, 3.05) is 13.6 Å². The number of fused-ring (bicyclic) bond motifs is 1. The molecule has 27 heavy (non-hydrogen) atoms. The molecular formula is C21H26FN3O2. The molecule has 1 fully saturated rings. The summed E-state index contributed by atoms with van der Waals surface area (Å²) in [6, 6.07) is 5.84. The number of likely N-dealkylation sites (N-methyl/N-ethyl adjacent to an activating group) is 1. The minimum atomic E-state index is -0.577. The van der Waals surface area contributed by atoms with Crippen molar-refractivity contribution in [1.82, 2.24) is 9.80 Å². The first-order chi connectivity index (χ1) is 13.0. The maximum atomic E-state index is 13.4. The largest absolute Gasteiger partial charge is 0.346 e. The molecule has 2 aliphatic heterocycles. The molecule has 0 N–H and O–H groups in total. The Labute approximate surface area is 159 Å². The third-order valence-electron chi connectivity index (χ3n) is 5.18. The Balaban J connectivity index is 1.89. The normalized spacial score (nSPS) is 25.3. The number of ketones is 1. The zero-order valence-electron chi connectivity index (χ0n) is 16.1. The molecule has 0 aromatic heterocycles. The van der Waals surface area contributed by atoms with E-state index in [-0.39, 0.29) is 17.5 Å². The molecule has 0 radical (unpaired) electrons. The van der Waals surface area contributed by atoms with Gasteiger partial charge in [0.05, 0.1) is 5.92 Å². The number of hydrogen-bond donors (Lipinski definition) is 0. The topological polar surface area (TPSA) is 53.0 Å². The molecule has 3 rings (SSSR count). The second-order valence-electron chi connectivity index (χ2n) is 7.12. The number of amides is 1. The quantitative estimate of drug-likeness (QED) is 0.722. The first kappa shape index (κ1) is 19.3. The van der Waals surface area contributed by atoms with E-state index >= 15 is 0 Å². The lowest BCUT2D eigenvalue weighted by molar-refractivity contribution is -0.152. The molecule has 0 bridgehead atoms. The SMILES string of the molecule is CCCC1C(=O)C2C(N=C(/C=C/c3cccc(F)c3)N2C)N(CCC)C1=O. The molecule has 3 atom stereocenters. The molecule has 1 saturated heterocycles. The number of Topliss-reactive ketones (excluding diaryl/α,β-unsaturated/α-hetero) is 1. The number of aliphatic imine (C=N–C) groups is 1. The van der Waals surface area contributed by atoms with E-state index in [1.807, 2.05) is 25.8 Å². The summed E-state index contributed by atoms with van der Waals surface area (Å²) in [5.74, 6) is -0.387. The van der Waals surface area contributed by atoms with E-state index < -0.39 is 18.1 Å². The summed E-state index contributed by atoms with van der Waals surface area (Å²) in [5.41, 5.74) is 0.720. The van der Waals surface area contributed by atoms with Gasteiger partial charge in [-0.3, -0.25) is 9.59 Å². The lowest BCUT2D eigenvalue weighted by Gasteiger charge is -2.40. The highest BCUT2D eigenvalue weighted by Crippen LogP contribution is 2.32. The lowest BCUT2D eigenvalue weighted by atomic mass is 9.86. The van der Waals surface area contributed by atoms with Crippen molar-refractivity contribution in [1.29, 1.82) is 0 Å². The summed E-state index contributed by atoms with van der Waals surface area (Å²) in [7, 11) is 1.83. The van der Waals surface area contributed by atoms with Gasteiger partial charge < -0.3 is 9.80 Å². The molecule has 144 valence electrons. The van der Waals surface area contributed by atoms with Crippen molar-refractivity contribution in [3.63, 3.8) is 0 Å². The predicted molar refractivity (Wildman–Crippen MR) is 104 cm³/mol. The monoisotopic (exact) mass is 371 g/mol. The fraction of sp³-hybridized carbons (Fsp3) is 0.476. The van der Waals surface area contributed by atoms with Crippen LogP contribution >= 0.6 is 0 Å². The first-order valence-corrected chi connectivity index (χ1v) is 9.56. The van der Waals surface area contributed by atoms with Crippen LogP contribution in [0.25, 0.3) is 6.08 Å². The predicted octanol–water partition coefficient (Wildman–Crippen LogP) is 3.12. The van der Waals surface area contributed by atoms with Gasteiger partial charge in [0.2, 0.25) is 5.91 Å². The zero-order valence-corrected chi connectivity index (χ0v) is 16.1. The number of rotatable bonds is 6. The minimum absolute atomic E-state index is 0.0420. The number of benzene rings is 1. The second kappa shape index (κ2) is 8.03. The maximum Gasteiger partial charge on any atom is 0.235 e. The zero-order chi connectivity index (χ0) is 19.6. The molecule has 3 unspecified atom stereocenters.